The average Bonchev–Trinajstić information content (AvgIpc) is 2.76. The largest absolute Gasteiger partial charge is 0.399 e. The predicted molar refractivity (Wildman–Crippen MR) is 113 cm³/mol. The number of hydroxylamine groups is 1. The molecule has 0 bridgehead atoms. The van der Waals surface area contributed by atoms with Gasteiger partial charge in [-0.15, -0.1) is 0 Å². The Labute approximate surface area is 176 Å². The molecule has 2 aromatic rings. The molecule has 8 heteroatoms. The van der Waals surface area contributed by atoms with Gasteiger partial charge in [-0.25, -0.2) is 5.48 Å². The van der Waals surface area contributed by atoms with E-state index < -0.39 is 17.9 Å². The van der Waals surface area contributed by atoms with Crippen molar-refractivity contribution in [3.8, 4) is 0 Å². The molecule has 0 saturated carbocycles. The van der Waals surface area contributed by atoms with E-state index in [-0.39, 0.29) is 25.7 Å². The first-order chi connectivity index (χ1) is 14.5. The first kappa shape index (κ1) is 23.3. The van der Waals surface area contributed by atoms with E-state index in [2.05, 4.69) is 5.32 Å². The molecular weight excluding hydrogens is 386 g/mol. The maximum absolute atomic E-state index is 12.6. The van der Waals surface area contributed by atoms with Crippen molar-refractivity contribution in [2.24, 2.45) is 5.92 Å². The number of benzene rings is 2. The molecule has 8 nitrogen and oxygen atoms in total. The Hall–Kier alpha value is -2.94. The molecule has 2 aromatic carbocycles. The summed E-state index contributed by atoms with van der Waals surface area (Å²) in [4.78, 5) is 24.9. The van der Waals surface area contributed by atoms with Gasteiger partial charge in [-0.2, -0.15) is 0 Å². The van der Waals surface area contributed by atoms with Gasteiger partial charge in [-0.3, -0.25) is 14.8 Å². The van der Waals surface area contributed by atoms with Crippen LogP contribution in [-0.4, -0.2) is 43.1 Å². The fourth-order valence-electron chi connectivity index (χ4n) is 3.02. The topological polar surface area (TPSA) is 123 Å². The maximum atomic E-state index is 12.6. The number of rotatable bonds is 12. The highest BCUT2D eigenvalue weighted by Crippen LogP contribution is 2.16. The fraction of sp³-hybridized carbons (Fsp3) is 0.364. The summed E-state index contributed by atoms with van der Waals surface area (Å²) in [6.07, 6.45) is 0.682. The molecular formula is C22H29N3O5. The van der Waals surface area contributed by atoms with Crippen molar-refractivity contribution in [2.45, 2.75) is 25.8 Å². The second-order valence-electron chi connectivity index (χ2n) is 6.87. The molecule has 0 aliphatic heterocycles. The van der Waals surface area contributed by atoms with Gasteiger partial charge in [0.2, 0.25) is 5.91 Å². The Balaban J connectivity index is 2.10. The number of ether oxygens (including phenoxy) is 2. The van der Waals surface area contributed by atoms with Crippen LogP contribution in [0.25, 0.3) is 0 Å². The molecule has 0 saturated heterocycles. The number of carbonyl (C=O) groups excluding carboxylic acids is 2. The van der Waals surface area contributed by atoms with E-state index in [1.807, 2.05) is 37.3 Å². The Kier molecular flexibility index (Phi) is 9.79. The van der Waals surface area contributed by atoms with Crippen LogP contribution < -0.4 is 16.5 Å². The van der Waals surface area contributed by atoms with Crippen molar-refractivity contribution >= 4 is 17.5 Å². The average molecular weight is 415 g/mol. The number of nitrogen functional groups attached to an aromatic ring is 1. The van der Waals surface area contributed by atoms with Crippen LogP contribution in [0.3, 0.4) is 0 Å². The maximum Gasteiger partial charge on any atom is 0.251 e. The molecule has 0 fully saturated rings. The van der Waals surface area contributed by atoms with Crippen LogP contribution >= 0.6 is 0 Å². The first-order valence-corrected chi connectivity index (χ1v) is 9.83. The van der Waals surface area contributed by atoms with Gasteiger partial charge in [0.25, 0.3) is 5.91 Å². The van der Waals surface area contributed by atoms with Crippen molar-refractivity contribution in [2.75, 3.05) is 25.7 Å². The normalized spacial score (nSPS) is 12.7. The van der Waals surface area contributed by atoms with Crippen LogP contribution in [0.1, 0.15) is 29.3 Å². The number of anilines is 1. The summed E-state index contributed by atoms with van der Waals surface area (Å²) in [6, 6.07) is 15.6. The molecule has 0 heterocycles. The molecule has 0 aliphatic rings. The third-order valence-corrected chi connectivity index (χ3v) is 4.57. The standard InChI is InChI=1S/C22H29N3O5/c1-2-29-15-30-14-20(24-21(26)17-8-10-19(23)11-9-17)13-18(22(27)25-28)12-16-6-4-3-5-7-16/h3-11,18,20,28H,2,12-15,23H2,1H3,(H,24,26)(H,25,27). The van der Waals surface area contributed by atoms with Crippen LogP contribution in [0.5, 0.6) is 0 Å². The van der Waals surface area contributed by atoms with E-state index in [1.165, 1.54) is 0 Å². The zero-order chi connectivity index (χ0) is 21.8. The zero-order valence-electron chi connectivity index (χ0n) is 17.0. The molecule has 5 N–H and O–H groups in total. The lowest BCUT2D eigenvalue weighted by atomic mass is 9.92. The van der Waals surface area contributed by atoms with E-state index in [1.54, 1.807) is 29.7 Å². The molecule has 30 heavy (non-hydrogen) atoms. The van der Waals surface area contributed by atoms with Gasteiger partial charge in [0.1, 0.15) is 6.79 Å². The quantitative estimate of drug-likeness (QED) is 0.138. The molecule has 2 atom stereocenters. The lowest BCUT2D eigenvalue weighted by molar-refractivity contribution is -0.134. The van der Waals surface area contributed by atoms with Crippen molar-refractivity contribution in [1.29, 1.82) is 0 Å². The van der Waals surface area contributed by atoms with Crippen molar-refractivity contribution in [3.05, 3.63) is 65.7 Å². The molecule has 0 radical (unpaired) electrons. The van der Waals surface area contributed by atoms with Crippen LogP contribution in [0, 0.1) is 5.92 Å². The SMILES string of the molecule is CCOCOCC(CC(Cc1ccccc1)C(=O)NO)NC(=O)c1ccc(N)cc1. The molecule has 0 aromatic heterocycles. The van der Waals surface area contributed by atoms with Gasteiger partial charge in [0.15, 0.2) is 0 Å². The number of hydrogen-bond donors (Lipinski definition) is 4. The van der Waals surface area contributed by atoms with Crippen molar-refractivity contribution in [3.63, 3.8) is 0 Å². The summed E-state index contributed by atoms with van der Waals surface area (Å²) in [5.74, 6) is -1.39. The molecule has 0 aliphatic carbocycles. The van der Waals surface area contributed by atoms with E-state index in [0.29, 0.717) is 24.3 Å². The van der Waals surface area contributed by atoms with E-state index in [9.17, 15) is 14.8 Å². The highest BCUT2D eigenvalue weighted by molar-refractivity contribution is 5.94. The minimum Gasteiger partial charge on any atom is -0.399 e. The molecule has 162 valence electrons. The summed E-state index contributed by atoms with van der Waals surface area (Å²) < 4.78 is 10.7. The van der Waals surface area contributed by atoms with E-state index in [4.69, 9.17) is 15.2 Å². The van der Waals surface area contributed by atoms with Crippen LogP contribution in [-0.2, 0) is 20.7 Å². The van der Waals surface area contributed by atoms with Gasteiger partial charge >= 0.3 is 0 Å². The van der Waals surface area contributed by atoms with Gasteiger partial charge in [-0.1, -0.05) is 30.3 Å². The third kappa shape index (κ3) is 7.82. The Bertz CT molecular complexity index is 783. The van der Waals surface area contributed by atoms with Crippen LogP contribution in [0.4, 0.5) is 5.69 Å². The number of hydrogen-bond acceptors (Lipinski definition) is 6. The number of nitrogens with two attached hydrogens (primary N) is 1. The number of amides is 2. The Morgan fingerprint density at radius 1 is 1.07 bits per heavy atom. The van der Waals surface area contributed by atoms with Crippen molar-refractivity contribution in [1.82, 2.24) is 10.8 Å². The minimum absolute atomic E-state index is 0.0836. The second kappa shape index (κ2) is 12.6. The monoisotopic (exact) mass is 415 g/mol. The van der Waals surface area contributed by atoms with Gasteiger partial charge in [0.05, 0.1) is 12.6 Å². The summed E-state index contributed by atoms with van der Waals surface area (Å²) in [6.45, 7) is 2.60. The molecule has 2 rings (SSSR count). The zero-order valence-corrected chi connectivity index (χ0v) is 17.0. The lowest BCUT2D eigenvalue weighted by Crippen LogP contribution is -2.42. The predicted octanol–water partition coefficient (Wildman–Crippen LogP) is 2.13. The summed E-state index contributed by atoms with van der Waals surface area (Å²) in [5, 5.41) is 12.1. The molecule has 0 spiro atoms. The Morgan fingerprint density at radius 3 is 2.40 bits per heavy atom. The molecule has 2 unspecified atom stereocenters. The minimum atomic E-state index is -0.565. The van der Waals surface area contributed by atoms with E-state index >= 15 is 0 Å². The third-order valence-electron chi connectivity index (χ3n) is 4.57. The molecule has 2 amide bonds. The van der Waals surface area contributed by atoms with Crippen LogP contribution in [0.2, 0.25) is 0 Å². The smallest absolute Gasteiger partial charge is 0.251 e. The highest BCUT2D eigenvalue weighted by Gasteiger charge is 2.25. The van der Waals surface area contributed by atoms with Gasteiger partial charge in [-0.05, 0) is 49.6 Å². The number of carbonyl (C=O) groups is 2. The second-order valence-corrected chi connectivity index (χ2v) is 6.87. The number of nitrogens with one attached hydrogen (secondary N) is 2. The lowest BCUT2D eigenvalue weighted by Gasteiger charge is -2.24. The Morgan fingerprint density at radius 2 is 1.77 bits per heavy atom. The van der Waals surface area contributed by atoms with Crippen molar-refractivity contribution < 1.29 is 24.3 Å². The van der Waals surface area contributed by atoms with Crippen LogP contribution in [0.15, 0.2) is 54.6 Å². The summed E-state index contributed by atoms with van der Waals surface area (Å²) in [7, 11) is 0. The van der Waals surface area contributed by atoms with Gasteiger partial charge < -0.3 is 20.5 Å². The van der Waals surface area contributed by atoms with Gasteiger partial charge in [0, 0.05) is 23.8 Å². The highest BCUT2D eigenvalue weighted by atomic mass is 16.7. The summed E-state index contributed by atoms with van der Waals surface area (Å²) >= 11 is 0. The fourth-order valence-corrected chi connectivity index (χ4v) is 3.02. The first-order valence-electron chi connectivity index (χ1n) is 9.83. The summed E-state index contributed by atoms with van der Waals surface area (Å²) in [5.41, 5.74) is 9.36. The van der Waals surface area contributed by atoms with E-state index in [0.717, 1.165) is 5.56 Å².